The Morgan fingerprint density at radius 3 is 1.41 bits per heavy atom. The average molecular weight is 1390 g/mol. The molecule has 1 N–H and O–H groups in total. The Morgan fingerprint density at radius 2 is 0.879 bits per heavy atom. The Bertz CT molecular complexity index is 4910. The first-order valence-electron chi connectivity index (χ1n) is 33.4. The van der Waals surface area contributed by atoms with Crippen molar-refractivity contribution in [3.05, 3.63) is 343 Å². The molecule has 1 aliphatic heterocycles. The van der Waals surface area contributed by atoms with Crippen molar-refractivity contribution < 1.29 is 34.7 Å². The van der Waals surface area contributed by atoms with E-state index in [9.17, 15) is 5.11 Å². The summed E-state index contributed by atoms with van der Waals surface area (Å²) in [5.74, 6) is 2.52. The van der Waals surface area contributed by atoms with Crippen molar-refractivity contribution in [1.29, 1.82) is 0 Å². The van der Waals surface area contributed by atoms with E-state index in [2.05, 4.69) is 224 Å². The van der Waals surface area contributed by atoms with Gasteiger partial charge in [-0.2, -0.15) is 0 Å². The van der Waals surface area contributed by atoms with Gasteiger partial charge in [0, 0.05) is 49.0 Å². The van der Waals surface area contributed by atoms with Gasteiger partial charge in [-0.1, -0.05) is 295 Å². The molecule has 0 bridgehead atoms. The third kappa shape index (κ3) is 16.0. The molecule has 9 nitrogen and oxygen atoms in total. The van der Waals surface area contributed by atoms with Crippen LogP contribution in [0.15, 0.2) is 326 Å². The van der Waals surface area contributed by atoms with Gasteiger partial charge in [-0.05, 0) is 141 Å². The summed E-state index contributed by atoms with van der Waals surface area (Å²) in [6.45, 7) is 19.9. The molecule has 0 amide bonds. The van der Waals surface area contributed by atoms with Crippen LogP contribution in [0.3, 0.4) is 0 Å². The van der Waals surface area contributed by atoms with E-state index >= 15 is 0 Å². The van der Waals surface area contributed by atoms with Crippen molar-refractivity contribution in [3.8, 4) is 33.9 Å². The van der Waals surface area contributed by atoms with Crippen molar-refractivity contribution in [2.75, 3.05) is 10.2 Å². The van der Waals surface area contributed by atoms with E-state index in [0.29, 0.717) is 10.3 Å². The summed E-state index contributed by atoms with van der Waals surface area (Å²) in [5.41, 5.74) is 14.6. The molecular formula is C87H83BrN8NaOP. The van der Waals surface area contributed by atoms with Crippen molar-refractivity contribution in [1.82, 2.24) is 29.5 Å². The molecule has 0 saturated heterocycles. The van der Waals surface area contributed by atoms with Gasteiger partial charge >= 0.3 is 29.6 Å². The number of hydrogen-bond donors (Lipinski definition) is 1. The van der Waals surface area contributed by atoms with E-state index in [4.69, 9.17) is 15.2 Å². The predicted octanol–water partition coefficient (Wildman–Crippen LogP) is 19.7. The minimum Gasteiger partial charge on any atom is -0.850 e. The normalized spacial score (nSPS) is 16.2. The molecule has 1 aliphatic carbocycles. The van der Waals surface area contributed by atoms with Crippen LogP contribution < -0.4 is 44.9 Å². The standard InChI is InChI=1S/C30H22N4.C23H29P.C19H15N3.C11H8BrN.C4H9O.Na/c1-4-13-23(14-5-1)27-20-12-22-29(31-27)33(24-15-6-2-7-16-24)30-26-19-10-11-21-28(26)34(32-30)25-17-8-3-9-18-25;1-20(2,3)24-21(4,5)18-14-10-11-15-19(18)23(16-22(23,24)6)17-12-8-7-9-13-17;1-3-9-15(10-4-1)20-19-17-13-7-8-14-18(17)22(21-19)16-11-5-2-6-12-16;12-11-8-4-7-10(13-11)9-5-2-1-3-6-9;1-4(2,3)5;/h1-22H;7-15H,16H2,1-6H3;1-14H,(H,20,21);1-8H;1-3H3;/q;;;;-1;+1. The molecule has 5 heterocycles. The molecule has 99 heavy (non-hydrogen) atoms. The molecule has 10 aromatic carbocycles. The van der Waals surface area contributed by atoms with E-state index in [1.165, 1.54) is 12.0 Å². The summed E-state index contributed by atoms with van der Waals surface area (Å²) in [5, 5.41) is 26.5. The summed E-state index contributed by atoms with van der Waals surface area (Å²) < 4.78 is 4.84. The number of para-hydroxylation sites is 6. The van der Waals surface area contributed by atoms with Gasteiger partial charge in [0.15, 0.2) is 11.6 Å². The van der Waals surface area contributed by atoms with Gasteiger partial charge in [-0.3, -0.25) is 4.90 Å². The maximum absolute atomic E-state index is 10.1. The molecule has 3 atom stereocenters. The maximum atomic E-state index is 10.1. The summed E-state index contributed by atoms with van der Waals surface area (Å²) in [6, 6.07) is 110. The fraction of sp³-hybridized carbons (Fsp3) is 0.172. The first-order valence-corrected chi connectivity index (χ1v) is 35.6. The van der Waals surface area contributed by atoms with Gasteiger partial charge in [0.05, 0.1) is 33.8 Å². The first kappa shape index (κ1) is 71.2. The van der Waals surface area contributed by atoms with Gasteiger partial charge in [-0.15, -0.1) is 15.8 Å². The number of anilines is 5. The molecule has 3 unspecified atom stereocenters. The molecule has 490 valence electrons. The molecule has 1 fully saturated rings. The number of aromatic nitrogens is 6. The number of halogens is 1. The third-order valence-electron chi connectivity index (χ3n) is 17.7. The van der Waals surface area contributed by atoms with Crippen LogP contribution in [-0.2, 0) is 10.6 Å². The molecule has 0 radical (unpaired) electrons. The van der Waals surface area contributed by atoms with Crippen LogP contribution in [0.1, 0.15) is 85.4 Å². The molecule has 14 aromatic rings. The SMILES string of the molecule is Brc1cccc(-c2ccccc2)n1.CC(C)(C)P1C(C)(C)c2ccccc2C2(c3ccccc3)CC12C.CC(C)(C)[O-].[Na+].c1ccc(-c2cccc(N(c3ccccc3)c3nn(-c4ccccc4)c4ccccc34)n2)cc1.c1ccc(Nc2nn(-c3ccccc3)c3ccccc23)cc1. The fourth-order valence-corrected chi connectivity index (χ4v) is 20.3. The van der Waals surface area contributed by atoms with Crippen LogP contribution in [0.2, 0.25) is 0 Å². The number of rotatable bonds is 10. The van der Waals surface area contributed by atoms with Gasteiger partial charge < -0.3 is 10.4 Å². The van der Waals surface area contributed by atoms with E-state index in [1.54, 1.807) is 31.9 Å². The smallest absolute Gasteiger partial charge is 0.850 e. The largest absolute Gasteiger partial charge is 1.00 e. The van der Waals surface area contributed by atoms with Crippen molar-refractivity contribution in [3.63, 3.8) is 0 Å². The number of nitrogens with one attached hydrogen (secondary N) is 1. The third-order valence-corrected chi connectivity index (χ3v) is 22.3. The van der Waals surface area contributed by atoms with E-state index in [-0.39, 0.29) is 48.0 Å². The zero-order valence-electron chi connectivity index (χ0n) is 58.2. The quantitative estimate of drug-likeness (QED) is 0.0827. The Balaban J connectivity index is 0.000000135. The number of pyridine rings is 2. The summed E-state index contributed by atoms with van der Waals surface area (Å²) in [6.07, 6.45) is 1.30. The maximum Gasteiger partial charge on any atom is 1.00 e. The number of hydrogen-bond acceptors (Lipinski definition) is 7. The monoisotopic (exact) mass is 1390 g/mol. The zero-order valence-corrected chi connectivity index (χ0v) is 62.7. The predicted molar refractivity (Wildman–Crippen MR) is 413 cm³/mol. The van der Waals surface area contributed by atoms with Gasteiger partial charge in [-0.25, -0.2) is 19.3 Å². The molecule has 12 heteroatoms. The second kappa shape index (κ2) is 31.0. The molecule has 0 spiro atoms. The topological polar surface area (TPSA) is 99.8 Å². The summed E-state index contributed by atoms with van der Waals surface area (Å²) in [4.78, 5) is 11.6. The van der Waals surface area contributed by atoms with Gasteiger partial charge in [0.25, 0.3) is 0 Å². The summed E-state index contributed by atoms with van der Waals surface area (Å²) in [7, 11) is -0.184. The number of benzene rings is 10. The Kier molecular flexibility index (Phi) is 22.3. The van der Waals surface area contributed by atoms with Crippen LogP contribution >= 0.6 is 23.9 Å². The summed E-state index contributed by atoms with van der Waals surface area (Å²) >= 11 is 3.35. The Hall–Kier alpha value is -9.09. The average Bonchev–Trinajstić information content (AvgIpc) is 1.47. The van der Waals surface area contributed by atoms with Crippen molar-refractivity contribution in [2.45, 2.75) is 95.2 Å². The van der Waals surface area contributed by atoms with E-state index in [0.717, 1.165) is 89.1 Å². The van der Waals surface area contributed by atoms with Crippen LogP contribution in [0.5, 0.6) is 0 Å². The Morgan fingerprint density at radius 1 is 0.455 bits per heavy atom. The molecule has 16 rings (SSSR count). The Labute approximate surface area is 615 Å². The number of nitrogens with zero attached hydrogens (tertiary/aromatic N) is 7. The second-order valence-corrected chi connectivity index (χ2v) is 32.2. The van der Waals surface area contributed by atoms with Crippen LogP contribution in [0.25, 0.3) is 55.7 Å². The van der Waals surface area contributed by atoms with E-state index < -0.39 is 5.60 Å². The first-order chi connectivity index (χ1) is 47.3. The van der Waals surface area contributed by atoms with E-state index in [1.807, 2.05) is 179 Å². The van der Waals surface area contributed by atoms with Crippen LogP contribution in [0, 0.1) is 0 Å². The molecular weight excluding hydrogens is 1310 g/mol. The minimum absolute atomic E-state index is 0. The van der Waals surface area contributed by atoms with Crippen molar-refractivity contribution >= 4 is 74.5 Å². The molecule has 2 aliphatic rings. The minimum atomic E-state index is -0.750. The van der Waals surface area contributed by atoms with Crippen LogP contribution in [-0.4, -0.2) is 45.4 Å². The number of fused-ring (bicyclic) bond motifs is 5. The van der Waals surface area contributed by atoms with Gasteiger partial charge in [0.2, 0.25) is 0 Å². The molecule has 4 aromatic heterocycles. The fourth-order valence-electron chi connectivity index (χ4n) is 14.1. The van der Waals surface area contributed by atoms with Crippen molar-refractivity contribution in [2.24, 2.45) is 0 Å². The van der Waals surface area contributed by atoms with Gasteiger partial charge in [0.1, 0.15) is 10.4 Å². The van der Waals surface area contributed by atoms with Crippen LogP contribution in [0.4, 0.5) is 28.8 Å². The second-order valence-electron chi connectivity index (χ2n) is 27.3. The molecule has 1 saturated carbocycles. The zero-order chi connectivity index (χ0) is 68.5.